The van der Waals surface area contributed by atoms with Crippen molar-refractivity contribution in [3.05, 3.63) is 16.1 Å². The minimum Gasteiger partial charge on any atom is -0.469 e. The van der Waals surface area contributed by atoms with E-state index in [1.165, 1.54) is 24.8 Å². The van der Waals surface area contributed by atoms with E-state index in [2.05, 4.69) is 9.88 Å². The third-order valence-electron chi connectivity index (χ3n) is 3.57. The van der Waals surface area contributed by atoms with Crippen LogP contribution in [0.5, 0.6) is 0 Å². The number of methoxy groups -OCH3 is 1. The van der Waals surface area contributed by atoms with Gasteiger partial charge < -0.3 is 4.74 Å². The van der Waals surface area contributed by atoms with E-state index in [0.29, 0.717) is 12.5 Å². The fourth-order valence-corrected chi connectivity index (χ4v) is 3.24. The van der Waals surface area contributed by atoms with Crippen molar-refractivity contribution < 1.29 is 9.53 Å². The van der Waals surface area contributed by atoms with Crippen LogP contribution in [0.25, 0.3) is 0 Å². The Bertz CT molecular complexity index is 405. The Kier molecular flexibility index (Phi) is 4.72. The van der Waals surface area contributed by atoms with Crippen LogP contribution in [-0.4, -0.2) is 35.5 Å². The first-order valence-electron chi connectivity index (χ1n) is 6.40. The molecule has 0 N–H and O–H groups in total. The molecule has 1 atom stereocenters. The van der Waals surface area contributed by atoms with Gasteiger partial charge in [0, 0.05) is 17.5 Å². The molecule has 1 aliphatic rings. The third kappa shape index (κ3) is 3.29. The molecule has 0 aromatic carbocycles. The number of esters is 1. The summed E-state index contributed by atoms with van der Waals surface area (Å²) in [6.45, 7) is 4.03. The molecule has 4 nitrogen and oxygen atoms in total. The topological polar surface area (TPSA) is 42.4 Å². The molecule has 18 heavy (non-hydrogen) atoms. The van der Waals surface area contributed by atoms with Gasteiger partial charge in [0.25, 0.3) is 0 Å². The quantitative estimate of drug-likeness (QED) is 0.786. The molecule has 1 fully saturated rings. The number of ether oxygens (including phenoxy) is 1. The predicted molar refractivity (Wildman–Crippen MR) is 71.5 cm³/mol. The maximum absolute atomic E-state index is 11.4. The standard InChI is InChI=1S/C13H20N2O2S/c1-10-12(18-9-14-10)8-15-6-4-3-5-11(15)7-13(16)17-2/h9,11H,3-8H2,1-2H3/t11-/m1/s1. The molecule has 0 radical (unpaired) electrons. The lowest BCUT2D eigenvalue weighted by molar-refractivity contribution is -0.142. The summed E-state index contributed by atoms with van der Waals surface area (Å²) >= 11 is 1.70. The van der Waals surface area contributed by atoms with E-state index < -0.39 is 0 Å². The van der Waals surface area contributed by atoms with Gasteiger partial charge in [-0.1, -0.05) is 6.42 Å². The van der Waals surface area contributed by atoms with Crippen molar-refractivity contribution in [1.29, 1.82) is 0 Å². The second kappa shape index (κ2) is 6.29. The van der Waals surface area contributed by atoms with Crippen molar-refractivity contribution in [1.82, 2.24) is 9.88 Å². The molecule has 0 saturated carbocycles. The minimum absolute atomic E-state index is 0.104. The van der Waals surface area contributed by atoms with E-state index in [0.717, 1.165) is 25.2 Å². The van der Waals surface area contributed by atoms with Crippen molar-refractivity contribution in [3.8, 4) is 0 Å². The molecular formula is C13H20N2O2S. The van der Waals surface area contributed by atoms with Crippen LogP contribution in [0.3, 0.4) is 0 Å². The summed E-state index contributed by atoms with van der Waals surface area (Å²) in [7, 11) is 1.46. The van der Waals surface area contributed by atoms with Crippen LogP contribution in [0.4, 0.5) is 0 Å². The molecule has 2 rings (SSSR count). The number of carbonyl (C=O) groups excluding carboxylic acids is 1. The summed E-state index contributed by atoms with van der Waals surface area (Å²) in [5, 5.41) is 0. The van der Waals surface area contributed by atoms with Crippen molar-refractivity contribution in [2.45, 2.75) is 45.2 Å². The fourth-order valence-electron chi connectivity index (χ4n) is 2.44. The molecule has 5 heteroatoms. The van der Waals surface area contributed by atoms with Crippen LogP contribution < -0.4 is 0 Å². The monoisotopic (exact) mass is 268 g/mol. The number of nitrogens with zero attached hydrogens (tertiary/aromatic N) is 2. The average molecular weight is 268 g/mol. The fraction of sp³-hybridized carbons (Fsp3) is 0.692. The first-order valence-corrected chi connectivity index (χ1v) is 7.28. The highest BCUT2D eigenvalue weighted by molar-refractivity contribution is 7.09. The van der Waals surface area contributed by atoms with Crippen molar-refractivity contribution in [3.63, 3.8) is 0 Å². The maximum atomic E-state index is 11.4. The highest BCUT2D eigenvalue weighted by atomic mass is 32.1. The van der Waals surface area contributed by atoms with Crippen molar-refractivity contribution >= 4 is 17.3 Å². The number of likely N-dealkylation sites (tertiary alicyclic amines) is 1. The number of piperidine rings is 1. The molecular weight excluding hydrogens is 248 g/mol. The van der Waals surface area contributed by atoms with Crippen LogP contribution in [0.15, 0.2) is 5.51 Å². The summed E-state index contributed by atoms with van der Waals surface area (Å²) in [6, 6.07) is 0.327. The Morgan fingerprint density at radius 3 is 3.11 bits per heavy atom. The SMILES string of the molecule is COC(=O)C[C@H]1CCCCN1Cc1scnc1C. The Labute approximate surface area is 112 Å². The summed E-state index contributed by atoms with van der Waals surface area (Å²) < 4.78 is 4.78. The summed E-state index contributed by atoms with van der Waals surface area (Å²) in [6.07, 6.45) is 4.02. The van der Waals surface area contributed by atoms with Gasteiger partial charge >= 0.3 is 5.97 Å². The van der Waals surface area contributed by atoms with Gasteiger partial charge in [-0.3, -0.25) is 9.69 Å². The van der Waals surface area contributed by atoms with E-state index in [1.54, 1.807) is 11.3 Å². The van der Waals surface area contributed by atoms with Gasteiger partial charge in [-0.2, -0.15) is 0 Å². The first kappa shape index (κ1) is 13.5. The predicted octanol–water partition coefficient (Wildman–Crippen LogP) is 2.37. The highest BCUT2D eigenvalue weighted by Gasteiger charge is 2.25. The van der Waals surface area contributed by atoms with Gasteiger partial charge in [0.15, 0.2) is 0 Å². The number of hydrogen-bond donors (Lipinski definition) is 0. The number of thiazole rings is 1. The van der Waals surface area contributed by atoms with E-state index in [4.69, 9.17) is 4.74 Å². The average Bonchev–Trinajstić information content (AvgIpc) is 2.77. The van der Waals surface area contributed by atoms with Gasteiger partial charge in [-0.15, -0.1) is 11.3 Å². The maximum Gasteiger partial charge on any atom is 0.307 e. The molecule has 0 spiro atoms. The molecule has 0 bridgehead atoms. The molecule has 1 aromatic rings. The van der Waals surface area contributed by atoms with Gasteiger partial charge in [0.1, 0.15) is 0 Å². The molecule has 0 aliphatic carbocycles. The molecule has 1 saturated heterocycles. The Hall–Kier alpha value is -0.940. The number of rotatable bonds is 4. The molecule has 2 heterocycles. The van der Waals surface area contributed by atoms with Crippen LogP contribution in [0.1, 0.15) is 36.3 Å². The number of aromatic nitrogens is 1. The van der Waals surface area contributed by atoms with E-state index in [9.17, 15) is 4.79 Å². The normalized spacial score (nSPS) is 20.9. The summed E-state index contributed by atoms with van der Waals surface area (Å²) in [5.41, 5.74) is 3.01. The number of aryl methyl sites for hydroxylation is 1. The van der Waals surface area contributed by atoms with Crippen LogP contribution >= 0.6 is 11.3 Å². The van der Waals surface area contributed by atoms with Crippen molar-refractivity contribution in [2.24, 2.45) is 0 Å². The number of carbonyl (C=O) groups is 1. The molecule has 0 unspecified atom stereocenters. The van der Waals surface area contributed by atoms with Gasteiger partial charge in [0.2, 0.25) is 0 Å². The van der Waals surface area contributed by atoms with Gasteiger partial charge in [-0.25, -0.2) is 4.98 Å². The highest BCUT2D eigenvalue weighted by Crippen LogP contribution is 2.24. The summed E-state index contributed by atoms with van der Waals surface area (Å²) in [5.74, 6) is -0.104. The second-order valence-electron chi connectivity index (χ2n) is 4.76. The van der Waals surface area contributed by atoms with E-state index >= 15 is 0 Å². The third-order valence-corrected chi connectivity index (χ3v) is 4.49. The smallest absolute Gasteiger partial charge is 0.307 e. The van der Waals surface area contributed by atoms with Gasteiger partial charge in [-0.05, 0) is 26.3 Å². The number of hydrogen-bond acceptors (Lipinski definition) is 5. The second-order valence-corrected chi connectivity index (χ2v) is 5.70. The lowest BCUT2D eigenvalue weighted by Gasteiger charge is -2.34. The van der Waals surface area contributed by atoms with Crippen LogP contribution in [0.2, 0.25) is 0 Å². The zero-order chi connectivity index (χ0) is 13.0. The lowest BCUT2D eigenvalue weighted by Crippen LogP contribution is -2.40. The zero-order valence-electron chi connectivity index (χ0n) is 11.0. The Balaban J connectivity index is 1.99. The first-order chi connectivity index (χ1) is 8.70. The lowest BCUT2D eigenvalue weighted by atomic mass is 9.99. The van der Waals surface area contributed by atoms with Crippen molar-refractivity contribution in [2.75, 3.05) is 13.7 Å². The van der Waals surface area contributed by atoms with E-state index in [1.807, 2.05) is 12.4 Å². The van der Waals surface area contributed by atoms with E-state index in [-0.39, 0.29) is 5.97 Å². The molecule has 100 valence electrons. The summed E-state index contributed by atoms with van der Waals surface area (Å²) in [4.78, 5) is 19.4. The van der Waals surface area contributed by atoms with Gasteiger partial charge in [0.05, 0.1) is 24.7 Å². The largest absolute Gasteiger partial charge is 0.469 e. The van der Waals surface area contributed by atoms with Crippen LogP contribution in [0, 0.1) is 6.92 Å². The Morgan fingerprint density at radius 1 is 1.61 bits per heavy atom. The molecule has 1 aliphatic heterocycles. The minimum atomic E-state index is -0.104. The zero-order valence-corrected chi connectivity index (χ0v) is 11.8. The molecule has 0 amide bonds. The van der Waals surface area contributed by atoms with Crippen LogP contribution in [-0.2, 0) is 16.1 Å². The molecule has 1 aromatic heterocycles. The Morgan fingerprint density at radius 2 is 2.44 bits per heavy atom.